The minimum Gasteiger partial charge on any atom is -0.494 e. The lowest BCUT2D eigenvalue weighted by Gasteiger charge is -2.10. The predicted octanol–water partition coefficient (Wildman–Crippen LogP) is 6.54. The highest BCUT2D eigenvalue weighted by atomic mass is 16.5. The van der Waals surface area contributed by atoms with Gasteiger partial charge in [-0.25, -0.2) is 9.59 Å². The largest absolute Gasteiger partial charge is 0.494 e. The normalized spacial score (nSPS) is 11.4. The Morgan fingerprint density at radius 1 is 0.750 bits per heavy atom. The zero-order chi connectivity index (χ0) is 28.9. The lowest BCUT2D eigenvalue weighted by molar-refractivity contribution is -0.148. The zero-order valence-corrected chi connectivity index (χ0v) is 23.3. The van der Waals surface area contributed by atoms with E-state index in [0.717, 1.165) is 37.7 Å². The molecule has 0 aliphatic heterocycles. The molecule has 2 N–H and O–H groups in total. The Hall–Kier alpha value is -4.33. The number of benzene rings is 3. The number of nitrogens with two attached hydrogens (primary N) is 1. The van der Waals surface area contributed by atoms with Crippen molar-refractivity contribution in [2.75, 3.05) is 18.9 Å². The van der Waals surface area contributed by atoms with Gasteiger partial charge in [-0.1, -0.05) is 13.8 Å². The van der Waals surface area contributed by atoms with E-state index in [2.05, 4.69) is 0 Å². The van der Waals surface area contributed by atoms with E-state index in [4.69, 9.17) is 24.7 Å². The standard InChI is InChI=1S/C32H37NO7/c1-4-22(2)30(34)38-20-8-6-5-7-19-37-27-14-9-24(10-15-27)31(35)39-28-16-11-25(12-17-28)32(36)40-29-18-13-26(33)21-23(29)3/h9-18,21-22H,4-8,19-20,33H2,1-3H3. The summed E-state index contributed by atoms with van der Waals surface area (Å²) in [7, 11) is 0. The van der Waals surface area contributed by atoms with Gasteiger partial charge in [0.1, 0.15) is 17.2 Å². The molecule has 0 aliphatic rings. The van der Waals surface area contributed by atoms with E-state index in [1.165, 1.54) is 24.3 Å². The first-order valence-corrected chi connectivity index (χ1v) is 13.6. The zero-order valence-electron chi connectivity index (χ0n) is 23.3. The molecule has 0 fully saturated rings. The van der Waals surface area contributed by atoms with Crippen molar-refractivity contribution >= 4 is 23.6 Å². The van der Waals surface area contributed by atoms with Crippen molar-refractivity contribution in [1.29, 1.82) is 0 Å². The number of nitrogen functional groups attached to an aromatic ring is 1. The Balaban J connectivity index is 1.37. The molecule has 0 aromatic heterocycles. The molecule has 212 valence electrons. The van der Waals surface area contributed by atoms with Crippen LogP contribution in [0.5, 0.6) is 17.2 Å². The van der Waals surface area contributed by atoms with Crippen LogP contribution in [-0.4, -0.2) is 31.1 Å². The second kappa shape index (κ2) is 15.3. The average Bonchev–Trinajstić information content (AvgIpc) is 2.96. The smallest absolute Gasteiger partial charge is 0.343 e. The van der Waals surface area contributed by atoms with Crippen LogP contribution in [-0.2, 0) is 9.53 Å². The van der Waals surface area contributed by atoms with Gasteiger partial charge in [-0.3, -0.25) is 4.79 Å². The number of hydrogen-bond acceptors (Lipinski definition) is 8. The summed E-state index contributed by atoms with van der Waals surface area (Å²) >= 11 is 0. The summed E-state index contributed by atoms with van der Waals surface area (Å²) in [5, 5.41) is 0. The number of esters is 3. The van der Waals surface area contributed by atoms with Crippen molar-refractivity contribution in [3.63, 3.8) is 0 Å². The van der Waals surface area contributed by atoms with Gasteiger partial charge in [0.05, 0.1) is 30.3 Å². The van der Waals surface area contributed by atoms with Gasteiger partial charge in [0.25, 0.3) is 0 Å². The number of anilines is 1. The third-order valence-corrected chi connectivity index (χ3v) is 6.36. The van der Waals surface area contributed by atoms with Crippen LogP contribution in [0.15, 0.2) is 66.7 Å². The minimum absolute atomic E-state index is 0.0444. The number of ether oxygens (including phenoxy) is 4. The van der Waals surface area contributed by atoms with Crippen molar-refractivity contribution in [2.24, 2.45) is 5.92 Å². The first-order chi connectivity index (χ1) is 19.3. The van der Waals surface area contributed by atoms with Crippen molar-refractivity contribution < 1.29 is 33.3 Å². The topological polar surface area (TPSA) is 114 Å². The molecule has 0 aliphatic carbocycles. The molecule has 8 nitrogen and oxygen atoms in total. The van der Waals surface area contributed by atoms with Gasteiger partial charge in [0.15, 0.2) is 0 Å². The molecule has 0 radical (unpaired) electrons. The molecule has 0 amide bonds. The Kier molecular flexibility index (Phi) is 11.6. The number of aryl methyl sites for hydroxylation is 1. The minimum atomic E-state index is -0.524. The van der Waals surface area contributed by atoms with E-state index in [1.807, 2.05) is 13.8 Å². The van der Waals surface area contributed by atoms with Crippen molar-refractivity contribution in [2.45, 2.75) is 52.9 Å². The van der Waals surface area contributed by atoms with Gasteiger partial charge in [-0.15, -0.1) is 0 Å². The molecule has 8 heteroatoms. The molecule has 3 aromatic rings. The fourth-order valence-corrected chi connectivity index (χ4v) is 3.69. The van der Waals surface area contributed by atoms with Crippen molar-refractivity contribution in [3.05, 3.63) is 83.4 Å². The SMILES string of the molecule is CCC(C)C(=O)OCCCCCCOc1ccc(C(=O)Oc2ccc(C(=O)Oc3ccc(N)cc3C)cc2)cc1. The third-order valence-electron chi connectivity index (χ3n) is 6.36. The number of unbranched alkanes of at least 4 members (excludes halogenated alkanes) is 3. The Morgan fingerprint density at radius 2 is 1.32 bits per heavy atom. The molecular weight excluding hydrogens is 510 g/mol. The monoisotopic (exact) mass is 547 g/mol. The fraction of sp³-hybridized carbons (Fsp3) is 0.344. The Morgan fingerprint density at radius 3 is 1.93 bits per heavy atom. The highest BCUT2D eigenvalue weighted by molar-refractivity contribution is 5.92. The maximum atomic E-state index is 12.5. The highest BCUT2D eigenvalue weighted by Gasteiger charge is 2.13. The number of hydrogen-bond donors (Lipinski definition) is 1. The van der Waals surface area contributed by atoms with Crippen LogP contribution in [0.25, 0.3) is 0 Å². The highest BCUT2D eigenvalue weighted by Crippen LogP contribution is 2.22. The van der Waals surface area contributed by atoms with Gasteiger partial charge < -0.3 is 24.7 Å². The van der Waals surface area contributed by atoms with E-state index >= 15 is 0 Å². The molecule has 0 saturated heterocycles. The molecule has 0 spiro atoms. The lowest BCUT2D eigenvalue weighted by Crippen LogP contribution is -2.14. The number of carbonyl (C=O) groups excluding carboxylic acids is 3. The maximum absolute atomic E-state index is 12.5. The molecule has 0 saturated carbocycles. The predicted molar refractivity (Wildman–Crippen MR) is 153 cm³/mol. The molecule has 0 bridgehead atoms. The maximum Gasteiger partial charge on any atom is 0.343 e. The summed E-state index contributed by atoms with van der Waals surface area (Å²) in [5.41, 5.74) is 7.78. The van der Waals surface area contributed by atoms with Crippen LogP contribution in [0.3, 0.4) is 0 Å². The van der Waals surface area contributed by atoms with Crippen molar-refractivity contribution in [1.82, 2.24) is 0 Å². The number of rotatable bonds is 14. The fourth-order valence-electron chi connectivity index (χ4n) is 3.69. The Labute approximate surface area is 235 Å². The van der Waals surface area contributed by atoms with Crippen LogP contribution in [0.4, 0.5) is 5.69 Å². The van der Waals surface area contributed by atoms with E-state index < -0.39 is 11.9 Å². The van der Waals surface area contributed by atoms with E-state index in [0.29, 0.717) is 47.3 Å². The van der Waals surface area contributed by atoms with Crippen molar-refractivity contribution in [3.8, 4) is 17.2 Å². The van der Waals surface area contributed by atoms with Crippen LogP contribution < -0.4 is 19.9 Å². The van der Waals surface area contributed by atoms with E-state index in [1.54, 1.807) is 49.4 Å². The van der Waals surface area contributed by atoms with E-state index in [9.17, 15) is 14.4 Å². The second-order valence-corrected chi connectivity index (χ2v) is 9.59. The quantitative estimate of drug-likeness (QED) is 0.105. The Bertz CT molecular complexity index is 1270. The van der Waals surface area contributed by atoms with E-state index in [-0.39, 0.29) is 11.9 Å². The van der Waals surface area contributed by atoms with Gasteiger partial charge >= 0.3 is 17.9 Å². The van der Waals surface area contributed by atoms with Gasteiger partial charge in [0.2, 0.25) is 0 Å². The summed E-state index contributed by atoms with van der Waals surface area (Å²) in [6.45, 7) is 6.67. The summed E-state index contributed by atoms with van der Waals surface area (Å²) in [5.74, 6) is 0.186. The second-order valence-electron chi connectivity index (χ2n) is 9.59. The molecule has 0 heterocycles. The van der Waals surface area contributed by atoms with Crippen LogP contribution in [0.1, 0.15) is 72.2 Å². The van der Waals surface area contributed by atoms with Gasteiger partial charge in [-0.2, -0.15) is 0 Å². The molecular formula is C32H37NO7. The van der Waals surface area contributed by atoms with Crippen LogP contribution in [0, 0.1) is 12.8 Å². The van der Waals surface area contributed by atoms with Crippen LogP contribution >= 0.6 is 0 Å². The first-order valence-electron chi connectivity index (χ1n) is 13.6. The molecule has 1 atom stereocenters. The molecule has 1 unspecified atom stereocenters. The molecule has 3 rings (SSSR count). The first kappa shape index (κ1) is 30.2. The average molecular weight is 548 g/mol. The third kappa shape index (κ3) is 9.45. The molecule has 40 heavy (non-hydrogen) atoms. The summed E-state index contributed by atoms with van der Waals surface area (Å²) < 4.78 is 21.9. The summed E-state index contributed by atoms with van der Waals surface area (Å²) in [4.78, 5) is 36.6. The molecule has 3 aromatic carbocycles. The van der Waals surface area contributed by atoms with Gasteiger partial charge in [-0.05, 0) is 111 Å². The van der Waals surface area contributed by atoms with Crippen LogP contribution in [0.2, 0.25) is 0 Å². The number of carbonyl (C=O) groups is 3. The van der Waals surface area contributed by atoms with Gasteiger partial charge in [0, 0.05) is 5.69 Å². The summed E-state index contributed by atoms with van der Waals surface area (Å²) in [6.07, 6.45) is 4.45. The summed E-state index contributed by atoms with van der Waals surface area (Å²) in [6, 6.07) is 17.9. The lowest BCUT2D eigenvalue weighted by atomic mass is 10.1.